The zero-order valence-electron chi connectivity index (χ0n) is 16.1. The summed E-state index contributed by atoms with van der Waals surface area (Å²) in [5, 5.41) is 8.68. The lowest BCUT2D eigenvalue weighted by Crippen LogP contribution is -2.14. The van der Waals surface area contributed by atoms with Gasteiger partial charge in [0.05, 0.1) is 48.7 Å². The second-order valence-corrected chi connectivity index (χ2v) is 8.19. The van der Waals surface area contributed by atoms with E-state index in [0.717, 1.165) is 29.3 Å². The Morgan fingerprint density at radius 1 is 1.10 bits per heavy atom. The predicted octanol–water partition coefficient (Wildman–Crippen LogP) is 2.98. The molecule has 31 heavy (non-hydrogen) atoms. The number of nitrogens with zero attached hydrogens (tertiary/aromatic N) is 5. The van der Waals surface area contributed by atoms with E-state index in [9.17, 15) is 21.6 Å². The molecule has 1 N–H and O–H groups in total. The average Bonchev–Trinajstić information content (AvgIpc) is 3.36. The van der Waals surface area contributed by atoms with Crippen LogP contribution in [0.4, 0.5) is 18.9 Å². The molecule has 0 aliphatic rings. The van der Waals surface area contributed by atoms with Crippen molar-refractivity contribution in [1.29, 1.82) is 0 Å². The molecule has 0 fully saturated rings. The Bertz CT molecular complexity index is 1380. The van der Waals surface area contributed by atoms with Crippen molar-refractivity contribution in [2.24, 2.45) is 7.05 Å². The number of aromatic nitrogens is 5. The Kier molecular flexibility index (Phi) is 4.84. The molecule has 9 nitrogen and oxygen atoms in total. The summed E-state index contributed by atoms with van der Waals surface area (Å²) in [4.78, 5) is 3.30. The summed E-state index contributed by atoms with van der Waals surface area (Å²) < 4.78 is 75.0. The maximum atomic E-state index is 13.0. The number of benzene rings is 1. The molecule has 0 spiro atoms. The minimum Gasteiger partial charge on any atom is -0.494 e. The van der Waals surface area contributed by atoms with Crippen molar-refractivity contribution in [1.82, 2.24) is 24.5 Å². The van der Waals surface area contributed by atoms with Crippen LogP contribution in [0.15, 0.2) is 54.1 Å². The fraction of sp³-hybridized carbons (Fsp3) is 0.167. The molecular weight excluding hydrogens is 437 g/mol. The number of hydrogen-bond acceptors (Lipinski definition) is 6. The summed E-state index contributed by atoms with van der Waals surface area (Å²) >= 11 is 0. The highest BCUT2D eigenvalue weighted by Gasteiger charge is 2.31. The van der Waals surface area contributed by atoms with Gasteiger partial charge >= 0.3 is 6.18 Å². The Balaban J connectivity index is 1.72. The number of nitrogens with one attached hydrogen (secondary N) is 1. The molecule has 13 heteroatoms. The van der Waals surface area contributed by atoms with Crippen LogP contribution in [-0.2, 0) is 23.2 Å². The molecule has 1 aromatic carbocycles. The molecule has 3 heterocycles. The van der Waals surface area contributed by atoms with Gasteiger partial charge in [0.15, 0.2) is 0 Å². The molecule has 0 bridgehead atoms. The van der Waals surface area contributed by atoms with Crippen LogP contribution < -0.4 is 9.46 Å². The Morgan fingerprint density at radius 3 is 2.58 bits per heavy atom. The topological polar surface area (TPSA) is 104 Å². The van der Waals surface area contributed by atoms with E-state index in [1.54, 1.807) is 25.4 Å². The number of methoxy groups -OCH3 is 1. The number of hydrogen-bond donors (Lipinski definition) is 1. The molecule has 4 aromatic rings. The number of anilines is 1. The number of pyridine rings is 1. The SMILES string of the molecule is COc1ccc2cnn(C)c2c1NS(=O)(=O)c1cnn(-c2cncc(C(F)(F)F)c2)c1. The Morgan fingerprint density at radius 2 is 1.87 bits per heavy atom. The van der Waals surface area contributed by atoms with Crippen LogP contribution in [0.3, 0.4) is 0 Å². The molecule has 0 saturated carbocycles. The standard InChI is InChI=1S/C18H15F3N6O3S/c1-26-17-11(6-23-26)3-4-15(30-2)16(17)25-31(28,29)14-9-24-27(10-14)13-5-12(7-22-8-13)18(19,20)21/h3-10,25H,1-2H3. The van der Waals surface area contributed by atoms with Crippen LogP contribution in [0.2, 0.25) is 0 Å². The van der Waals surface area contributed by atoms with Gasteiger partial charge in [0.2, 0.25) is 0 Å². The van der Waals surface area contributed by atoms with Crippen molar-refractivity contribution in [2.75, 3.05) is 11.8 Å². The van der Waals surface area contributed by atoms with Crippen molar-refractivity contribution in [3.8, 4) is 11.4 Å². The van der Waals surface area contributed by atoms with Crippen LogP contribution in [0, 0.1) is 0 Å². The lowest BCUT2D eigenvalue weighted by atomic mass is 10.2. The first-order valence-corrected chi connectivity index (χ1v) is 10.2. The fourth-order valence-electron chi connectivity index (χ4n) is 3.00. The van der Waals surface area contributed by atoms with Crippen molar-refractivity contribution >= 4 is 26.6 Å². The minimum absolute atomic E-state index is 0.0393. The monoisotopic (exact) mass is 452 g/mol. The van der Waals surface area contributed by atoms with E-state index in [2.05, 4.69) is 19.9 Å². The normalized spacial score (nSPS) is 12.3. The second kappa shape index (κ2) is 7.27. The van der Waals surface area contributed by atoms with E-state index in [1.165, 1.54) is 11.8 Å². The van der Waals surface area contributed by atoms with Crippen molar-refractivity contribution < 1.29 is 26.3 Å². The molecule has 0 radical (unpaired) electrons. The first kappa shape index (κ1) is 20.7. The summed E-state index contributed by atoms with van der Waals surface area (Å²) in [5.41, 5.74) is -0.343. The Hall–Kier alpha value is -3.61. The maximum absolute atomic E-state index is 13.0. The highest BCUT2D eigenvalue weighted by Crippen LogP contribution is 2.35. The van der Waals surface area contributed by atoms with Gasteiger partial charge in [0.1, 0.15) is 16.3 Å². The third-order valence-corrected chi connectivity index (χ3v) is 5.81. The quantitative estimate of drug-likeness (QED) is 0.499. The van der Waals surface area contributed by atoms with Gasteiger partial charge in [-0.2, -0.15) is 23.4 Å². The lowest BCUT2D eigenvalue weighted by molar-refractivity contribution is -0.137. The number of halogens is 3. The van der Waals surface area contributed by atoms with Crippen molar-refractivity contribution in [3.05, 3.63) is 54.7 Å². The van der Waals surface area contributed by atoms with E-state index < -0.39 is 21.8 Å². The van der Waals surface area contributed by atoms with Gasteiger partial charge in [-0.15, -0.1) is 0 Å². The summed E-state index contributed by atoms with van der Waals surface area (Å²) in [6.07, 6.45) is 0.919. The van der Waals surface area contributed by atoms with Crippen LogP contribution in [0.25, 0.3) is 16.6 Å². The van der Waals surface area contributed by atoms with Crippen molar-refractivity contribution in [3.63, 3.8) is 0 Å². The third kappa shape index (κ3) is 3.79. The van der Waals surface area contributed by atoms with E-state index in [0.29, 0.717) is 17.1 Å². The molecule has 0 aliphatic carbocycles. The smallest absolute Gasteiger partial charge is 0.417 e. The first-order valence-electron chi connectivity index (χ1n) is 8.69. The molecule has 0 atom stereocenters. The van der Waals surface area contributed by atoms with Gasteiger partial charge in [0, 0.05) is 18.6 Å². The predicted molar refractivity (Wildman–Crippen MR) is 104 cm³/mol. The van der Waals surface area contributed by atoms with Gasteiger partial charge in [-0.1, -0.05) is 0 Å². The lowest BCUT2D eigenvalue weighted by Gasteiger charge is -2.13. The molecule has 162 valence electrons. The summed E-state index contributed by atoms with van der Waals surface area (Å²) in [6, 6.07) is 4.15. The summed E-state index contributed by atoms with van der Waals surface area (Å²) in [7, 11) is -1.11. The van der Waals surface area contributed by atoms with Crippen LogP contribution in [0.5, 0.6) is 5.75 Å². The zero-order valence-corrected chi connectivity index (χ0v) is 16.9. The van der Waals surface area contributed by atoms with Gasteiger partial charge in [-0.25, -0.2) is 13.1 Å². The van der Waals surface area contributed by atoms with Crippen LogP contribution in [0.1, 0.15) is 5.56 Å². The number of alkyl halides is 3. The largest absolute Gasteiger partial charge is 0.494 e. The maximum Gasteiger partial charge on any atom is 0.417 e. The number of fused-ring (bicyclic) bond motifs is 1. The van der Waals surface area contributed by atoms with Gasteiger partial charge in [-0.3, -0.25) is 14.4 Å². The molecular formula is C18H15F3N6O3S. The van der Waals surface area contributed by atoms with Crippen molar-refractivity contribution in [2.45, 2.75) is 11.1 Å². The second-order valence-electron chi connectivity index (χ2n) is 6.50. The number of sulfonamides is 1. The van der Waals surface area contributed by atoms with E-state index in [1.807, 2.05) is 0 Å². The van der Waals surface area contributed by atoms with Gasteiger partial charge in [0.25, 0.3) is 10.0 Å². The Labute approximate surface area is 174 Å². The molecule has 4 rings (SSSR count). The van der Waals surface area contributed by atoms with Gasteiger partial charge in [-0.05, 0) is 18.2 Å². The highest BCUT2D eigenvalue weighted by molar-refractivity contribution is 7.92. The zero-order chi connectivity index (χ0) is 22.4. The molecule has 0 aliphatic heterocycles. The first-order chi connectivity index (χ1) is 14.6. The highest BCUT2D eigenvalue weighted by atomic mass is 32.2. The molecule has 3 aromatic heterocycles. The van der Waals surface area contributed by atoms with Crippen LogP contribution in [-0.4, -0.2) is 40.1 Å². The van der Waals surface area contributed by atoms with Crippen LogP contribution >= 0.6 is 0 Å². The van der Waals surface area contributed by atoms with Gasteiger partial charge < -0.3 is 4.74 Å². The number of rotatable bonds is 5. The third-order valence-electron chi connectivity index (χ3n) is 4.51. The number of ether oxygens (including phenoxy) is 1. The average molecular weight is 452 g/mol. The number of aryl methyl sites for hydroxylation is 1. The fourth-order valence-corrected chi connectivity index (χ4v) is 4.01. The summed E-state index contributed by atoms with van der Waals surface area (Å²) in [6.45, 7) is 0. The van der Waals surface area contributed by atoms with E-state index in [4.69, 9.17) is 4.74 Å². The molecule has 0 saturated heterocycles. The summed E-state index contributed by atoms with van der Waals surface area (Å²) in [5.74, 6) is 0.272. The van der Waals surface area contributed by atoms with E-state index in [-0.39, 0.29) is 22.0 Å². The van der Waals surface area contributed by atoms with E-state index >= 15 is 0 Å². The molecule has 0 amide bonds. The molecule has 0 unspecified atom stereocenters. The minimum atomic E-state index is -4.59.